The smallest absolute Gasteiger partial charge is 0.301 e. The molecule has 11 heavy (non-hydrogen) atoms. The summed E-state index contributed by atoms with van der Waals surface area (Å²) < 4.78 is 34.7. The fourth-order valence-corrected chi connectivity index (χ4v) is 0.846. The summed E-state index contributed by atoms with van der Waals surface area (Å²) in [4.78, 5) is 0. The Morgan fingerprint density at radius 2 is 1.91 bits per heavy atom. The molecule has 0 aromatic rings. The molecule has 0 heterocycles. The third-order valence-corrected chi connectivity index (χ3v) is 1.50. The van der Waals surface area contributed by atoms with E-state index in [0.717, 1.165) is 11.8 Å². The van der Waals surface area contributed by atoms with Gasteiger partial charge in [-0.2, -0.15) is 8.78 Å². The number of thioether (sulfide) groups is 1. The van der Waals surface area contributed by atoms with Crippen LogP contribution in [0.4, 0.5) is 13.2 Å². The molecule has 0 atom stereocenters. The van der Waals surface area contributed by atoms with Crippen LogP contribution in [-0.4, -0.2) is 10.9 Å². The van der Waals surface area contributed by atoms with Crippen LogP contribution in [0.1, 0.15) is 6.42 Å². The van der Waals surface area contributed by atoms with E-state index in [-0.39, 0.29) is 17.3 Å². The van der Waals surface area contributed by atoms with Crippen molar-refractivity contribution in [2.24, 2.45) is 5.73 Å². The number of hydrogen-bond donors (Lipinski definition) is 2. The minimum absolute atomic E-state index is 0.0680. The minimum atomic E-state index is -2.30. The summed E-state index contributed by atoms with van der Waals surface area (Å²) in [7, 11) is 0. The van der Waals surface area contributed by atoms with E-state index in [0.29, 0.717) is 0 Å². The van der Waals surface area contributed by atoms with Crippen LogP contribution in [0.2, 0.25) is 0 Å². The van der Waals surface area contributed by atoms with Crippen molar-refractivity contribution in [2.75, 3.05) is 5.75 Å². The molecule has 3 N–H and O–H groups in total. The zero-order valence-corrected chi connectivity index (χ0v) is 6.35. The zero-order valence-electron chi connectivity index (χ0n) is 5.53. The molecule has 0 aromatic heterocycles. The van der Waals surface area contributed by atoms with Gasteiger partial charge in [-0.15, -0.1) is 0 Å². The first-order valence-corrected chi connectivity index (χ1v) is 3.69. The first-order chi connectivity index (χ1) is 5.04. The van der Waals surface area contributed by atoms with Crippen molar-refractivity contribution in [3.05, 3.63) is 11.9 Å². The van der Waals surface area contributed by atoms with Gasteiger partial charge >= 0.3 is 6.08 Å². The average Bonchev–Trinajstić information content (AvgIpc) is 1.86. The second-order valence-electron chi connectivity index (χ2n) is 1.63. The number of halogens is 3. The lowest BCUT2D eigenvalue weighted by Gasteiger charge is -1.95. The normalized spacial score (nSPS) is 9.36. The molecule has 0 saturated carbocycles. The van der Waals surface area contributed by atoms with Crippen LogP contribution in [-0.2, 0) is 0 Å². The molecule has 64 valence electrons. The summed E-state index contributed by atoms with van der Waals surface area (Å²) in [5.74, 6) is -1.36. The zero-order chi connectivity index (χ0) is 8.85. The second-order valence-corrected chi connectivity index (χ2v) is 2.76. The Balaban J connectivity index is 3.56. The number of hydrogen-bond acceptors (Lipinski definition) is 2. The maximum absolute atomic E-state index is 12.0. The highest BCUT2D eigenvalue weighted by atomic mass is 32.2. The monoisotopic (exact) mass is 184 g/mol. The van der Waals surface area contributed by atoms with Crippen molar-refractivity contribution in [3.8, 4) is 0 Å². The van der Waals surface area contributed by atoms with Crippen molar-refractivity contribution in [1.82, 2.24) is 0 Å². The van der Waals surface area contributed by atoms with E-state index < -0.39 is 11.9 Å². The van der Waals surface area contributed by atoms with Gasteiger partial charge in [-0.05, 0) is 0 Å². The van der Waals surface area contributed by atoms with Crippen LogP contribution < -0.4 is 5.73 Å². The topological polar surface area (TPSA) is 49.9 Å². The Hall–Kier alpha value is -0.650. The lowest BCUT2D eigenvalue weighted by atomic mass is 10.4. The summed E-state index contributed by atoms with van der Waals surface area (Å²) in [6.45, 7) is 0. The van der Waals surface area contributed by atoms with Gasteiger partial charge < -0.3 is 5.73 Å². The van der Waals surface area contributed by atoms with Crippen LogP contribution in [0.3, 0.4) is 0 Å². The van der Waals surface area contributed by atoms with Crippen molar-refractivity contribution < 1.29 is 13.2 Å². The molecule has 0 aliphatic rings. The molecule has 0 radical (unpaired) electrons. The standard InChI is InChI=1S/C5H7F3N2S/c6-3(4(7)8)1-2-11-5(9)10/h1-2H2,(H3,9,10). The van der Waals surface area contributed by atoms with Crippen LogP contribution in [0.15, 0.2) is 11.9 Å². The lowest BCUT2D eigenvalue weighted by molar-refractivity contribution is 0.373. The molecule has 0 aliphatic carbocycles. The van der Waals surface area contributed by atoms with Gasteiger partial charge in [0, 0.05) is 12.2 Å². The van der Waals surface area contributed by atoms with Crippen LogP contribution in [0.25, 0.3) is 0 Å². The van der Waals surface area contributed by atoms with Gasteiger partial charge in [-0.1, -0.05) is 11.8 Å². The summed E-state index contributed by atoms with van der Waals surface area (Å²) >= 11 is 0.831. The van der Waals surface area contributed by atoms with E-state index in [2.05, 4.69) is 0 Å². The summed E-state index contributed by atoms with van der Waals surface area (Å²) in [5, 5.41) is 6.46. The second kappa shape index (κ2) is 5.06. The van der Waals surface area contributed by atoms with E-state index in [4.69, 9.17) is 11.1 Å². The minimum Gasteiger partial charge on any atom is -0.379 e. The van der Waals surface area contributed by atoms with Gasteiger partial charge in [0.15, 0.2) is 11.0 Å². The molecule has 0 saturated heterocycles. The molecule has 0 unspecified atom stereocenters. The van der Waals surface area contributed by atoms with Crippen LogP contribution >= 0.6 is 11.8 Å². The largest absolute Gasteiger partial charge is 0.379 e. The predicted molar refractivity (Wildman–Crippen MR) is 39.3 cm³/mol. The fraction of sp³-hybridized carbons (Fsp3) is 0.400. The number of allylic oxidation sites excluding steroid dienone is 1. The average molecular weight is 184 g/mol. The fourth-order valence-electron chi connectivity index (χ4n) is 0.345. The highest BCUT2D eigenvalue weighted by molar-refractivity contribution is 8.13. The Kier molecular flexibility index (Phi) is 4.76. The van der Waals surface area contributed by atoms with Crippen LogP contribution in [0, 0.1) is 5.41 Å². The van der Waals surface area contributed by atoms with Crippen LogP contribution in [0.5, 0.6) is 0 Å². The highest BCUT2D eigenvalue weighted by Crippen LogP contribution is 2.15. The van der Waals surface area contributed by atoms with E-state index in [1.54, 1.807) is 0 Å². The summed E-state index contributed by atoms with van der Waals surface area (Å²) in [6, 6.07) is 0. The van der Waals surface area contributed by atoms with Gasteiger partial charge in [0.25, 0.3) is 0 Å². The molecular weight excluding hydrogens is 177 g/mol. The number of rotatable bonds is 3. The first kappa shape index (κ1) is 10.3. The van der Waals surface area contributed by atoms with E-state index in [9.17, 15) is 13.2 Å². The third-order valence-electron chi connectivity index (χ3n) is 0.784. The molecule has 2 nitrogen and oxygen atoms in total. The number of amidine groups is 1. The maximum atomic E-state index is 12.0. The first-order valence-electron chi connectivity index (χ1n) is 2.70. The van der Waals surface area contributed by atoms with E-state index >= 15 is 0 Å². The van der Waals surface area contributed by atoms with Gasteiger partial charge in [0.2, 0.25) is 0 Å². The summed E-state index contributed by atoms with van der Waals surface area (Å²) in [5.41, 5.74) is 4.88. The predicted octanol–water partition coefficient (Wildman–Crippen LogP) is 2.08. The van der Waals surface area contributed by atoms with E-state index in [1.807, 2.05) is 0 Å². The Labute approximate surface area is 66.2 Å². The third kappa shape index (κ3) is 5.78. The number of nitrogens with one attached hydrogen (secondary N) is 1. The Bertz CT molecular complexity index is 177. The van der Waals surface area contributed by atoms with Gasteiger partial charge in [0.05, 0.1) is 0 Å². The Morgan fingerprint density at radius 1 is 1.36 bits per heavy atom. The molecule has 0 amide bonds. The SMILES string of the molecule is N=C(N)SCCC(F)=C(F)F. The van der Waals surface area contributed by atoms with Gasteiger partial charge in [-0.25, -0.2) is 4.39 Å². The Morgan fingerprint density at radius 3 is 2.27 bits per heavy atom. The molecule has 0 fully saturated rings. The molecule has 6 heteroatoms. The van der Waals surface area contributed by atoms with Crippen molar-refractivity contribution in [2.45, 2.75) is 6.42 Å². The molecule has 0 bridgehead atoms. The van der Waals surface area contributed by atoms with Gasteiger partial charge in [0.1, 0.15) is 0 Å². The van der Waals surface area contributed by atoms with E-state index in [1.165, 1.54) is 0 Å². The molecule has 0 aromatic carbocycles. The molecular formula is C5H7F3N2S. The summed E-state index contributed by atoms with van der Waals surface area (Å²) in [6.07, 6.45) is -2.68. The van der Waals surface area contributed by atoms with Crippen molar-refractivity contribution >= 4 is 16.9 Å². The lowest BCUT2D eigenvalue weighted by Crippen LogP contribution is -2.04. The maximum Gasteiger partial charge on any atom is 0.301 e. The number of nitrogens with two attached hydrogens (primary N) is 1. The van der Waals surface area contributed by atoms with Crippen molar-refractivity contribution in [3.63, 3.8) is 0 Å². The molecule has 0 aliphatic heterocycles. The van der Waals surface area contributed by atoms with Gasteiger partial charge in [-0.3, -0.25) is 5.41 Å². The quantitative estimate of drug-likeness (QED) is 0.521. The van der Waals surface area contributed by atoms with Crippen molar-refractivity contribution in [1.29, 1.82) is 5.41 Å². The highest BCUT2D eigenvalue weighted by Gasteiger charge is 2.04. The molecule has 0 spiro atoms. The molecule has 0 rings (SSSR count).